The summed E-state index contributed by atoms with van der Waals surface area (Å²) in [5, 5.41) is 14.0. The molecule has 2 atom stereocenters. The summed E-state index contributed by atoms with van der Waals surface area (Å²) in [6.07, 6.45) is 0.137. The number of hydrogen-bond acceptors (Lipinski definition) is 6. The highest BCUT2D eigenvalue weighted by Crippen LogP contribution is 2.29. The Bertz CT molecular complexity index is 537. The Balaban J connectivity index is 0.00000220. The summed E-state index contributed by atoms with van der Waals surface area (Å²) in [6.45, 7) is 2.23. The molecule has 8 heteroatoms. The topological polar surface area (TPSA) is 90.7 Å². The van der Waals surface area contributed by atoms with Gasteiger partial charge in [-0.25, -0.2) is 0 Å². The van der Waals surface area contributed by atoms with Crippen molar-refractivity contribution < 1.29 is 19.2 Å². The molecule has 1 saturated heterocycles. The van der Waals surface area contributed by atoms with Crippen LogP contribution in [0.4, 0.5) is 5.69 Å². The molecule has 7 nitrogen and oxygen atoms in total. The van der Waals surface area contributed by atoms with Crippen molar-refractivity contribution in [3.8, 4) is 5.75 Å². The molecule has 1 fully saturated rings. The Labute approximate surface area is 128 Å². The highest BCUT2D eigenvalue weighted by Gasteiger charge is 2.32. The van der Waals surface area contributed by atoms with Crippen molar-refractivity contribution in [1.29, 1.82) is 0 Å². The van der Waals surface area contributed by atoms with Gasteiger partial charge in [0.15, 0.2) is 5.75 Å². The lowest BCUT2D eigenvalue weighted by molar-refractivity contribution is -0.386. The first-order chi connectivity index (χ1) is 9.51. The summed E-state index contributed by atoms with van der Waals surface area (Å²) in [6, 6.07) is 4.38. The van der Waals surface area contributed by atoms with E-state index in [1.54, 1.807) is 19.1 Å². The molecule has 0 bridgehead atoms. The van der Waals surface area contributed by atoms with Crippen LogP contribution in [0.1, 0.15) is 12.0 Å². The van der Waals surface area contributed by atoms with Gasteiger partial charge in [-0.3, -0.25) is 14.9 Å². The second kappa shape index (κ2) is 7.24. The molecule has 0 saturated carbocycles. The Morgan fingerprint density at radius 3 is 2.81 bits per heavy atom. The molecule has 21 heavy (non-hydrogen) atoms. The maximum absolute atomic E-state index is 11.4. The number of nitro groups is 1. The second-order valence-electron chi connectivity index (χ2n) is 4.69. The van der Waals surface area contributed by atoms with E-state index in [9.17, 15) is 14.9 Å². The van der Waals surface area contributed by atoms with E-state index in [2.05, 4.69) is 10.1 Å². The Kier molecular flexibility index (Phi) is 5.92. The van der Waals surface area contributed by atoms with Crippen molar-refractivity contribution in [3.05, 3.63) is 33.9 Å². The lowest BCUT2D eigenvalue weighted by atomic mass is 10.2. The van der Waals surface area contributed by atoms with Gasteiger partial charge in [-0.2, -0.15) is 0 Å². The number of halogens is 1. The van der Waals surface area contributed by atoms with Gasteiger partial charge in [-0.15, -0.1) is 12.4 Å². The standard InChI is InChI=1S/C13H16N2O5.ClH/c1-8-3-4-12(11(5-8)15(17)18)20-9-6-10(14-7-9)13(16)19-2;/h3-5,9-10,14H,6-7H2,1-2H3;1H. The van der Waals surface area contributed by atoms with Crippen LogP contribution in [0.15, 0.2) is 18.2 Å². The molecule has 0 amide bonds. The molecular weight excluding hydrogens is 300 g/mol. The summed E-state index contributed by atoms with van der Waals surface area (Å²) >= 11 is 0. The number of carbonyl (C=O) groups is 1. The number of carbonyl (C=O) groups excluding carboxylic acids is 1. The first-order valence-electron chi connectivity index (χ1n) is 6.24. The number of nitrogens with one attached hydrogen (secondary N) is 1. The minimum Gasteiger partial charge on any atom is -0.482 e. The third-order valence-corrected chi connectivity index (χ3v) is 3.18. The van der Waals surface area contributed by atoms with Crippen molar-refractivity contribution in [3.63, 3.8) is 0 Å². The number of hydrogen-bond donors (Lipinski definition) is 1. The monoisotopic (exact) mass is 316 g/mol. The molecular formula is C13H17ClN2O5. The van der Waals surface area contributed by atoms with Crippen LogP contribution < -0.4 is 10.1 Å². The van der Waals surface area contributed by atoms with Crippen molar-refractivity contribution in [2.24, 2.45) is 0 Å². The van der Waals surface area contributed by atoms with Crippen LogP contribution in [0.2, 0.25) is 0 Å². The van der Waals surface area contributed by atoms with Crippen LogP contribution >= 0.6 is 12.4 Å². The van der Waals surface area contributed by atoms with Crippen molar-refractivity contribution in [2.75, 3.05) is 13.7 Å². The molecule has 2 rings (SSSR count). The van der Waals surface area contributed by atoms with Crippen LogP contribution in [0, 0.1) is 17.0 Å². The zero-order valence-electron chi connectivity index (χ0n) is 11.7. The zero-order valence-corrected chi connectivity index (χ0v) is 12.5. The van der Waals surface area contributed by atoms with Crippen molar-refractivity contribution in [2.45, 2.75) is 25.5 Å². The van der Waals surface area contributed by atoms with Gasteiger partial charge in [-0.1, -0.05) is 6.07 Å². The number of nitro benzene ring substituents is 1. The first kappa shape index (κ1) is 17.2. The Hall–Kier alpha value is -1.86. The maximum atomic E-state index is 11.4. The SMILES string of the molecule is COC(=O)C1CC(Oc2ccc(C)cc2[N+](=O)[O-])CN1.Cl. The van der Waals surface area contributed by atoms with Crippen LogP contribution in [0.3, 0.4) is 0 Å². The van der Waals surface area contributed by atoms with Gasteiger partial charge in [-0.05, 0) is 18.6 Å². The third-order valence-electron chi connectivity index (χ3n) is 3.18. The minimum atomic E-state index is -0.470. The third kappa shape index (κ3) is 4.05. The van der Waals surface area contributed by atoms with Gasteiger partial charge >= 0.3 is 11.7 Å². The van der Waals surface area contributed by atoms with Gasteiger partial charge in [0.1, 0.15) is 12.1 Å². The minimum absolute atomic E-state index is 0. The largest absolute Gasteiger partial charge is 0.482 e. The fourth-order valence-electron chi connectivity index (χ4n) is 2.16. The molecule has 0 spiro atoms. The number of aryl methyl sites for hydroxylation is 1. The number of ether oxygens (including phenoxy) is 2. The molecule has 2 unspecified atom stereocenters. The molecule has 1 aliphatic rings. The summed E-state index contributed by atoms with van der Waals surface area (Å²) < 4.78 is 10.3. The van der Waals surface area contributed by atoms with Gasteiger partial charge in [0.05, 0.1) is 12.0 Å². The van der Waals surface area contributed by atoms with Crippen molar-refractivity contribution in [1.82, 2.24) is 5.32 Å². The van der Waals surface area contributed by atoms with E-state index >= 15 is 0 Å². The Morgan fingerprint density at radius 1 is 1.48 bits per heavy atom. The molecule has 116 valence electrons. The van der Waals surface area contributed by atoms with E-state index < -0.39 is 11.0 Å². The maximum Gasteiger partial charge on any atom is 0.323 e. The average Bonchev–Trinajstić information content (AvgIpc) is 2.88. The number of esters is 1. The molecule has 0 aliphatic carbocycles. The normalized spacial score (nSPS) is 20.5. The second-order valence-corrected chi connectivity index (χ2v) is 4.69. The van der Waals surface area contributed by atoms with Crippen molar-refractivity contribution >= 4 is 24.1 Å². The smallest absolute Gasteiger partial charge is 0.323 e. The quantitative estimate of drug-likeness (QED) is 0.515. The fourth-order valence-corrected chi connectivity index (χ4v) is 2.16. The Morgan fingerprint density at radius 2 is 2.19 bits per heavy atom. The van der Waals surface area contributed by atoms with Crippen LogP contribution in [-0.2, 0) is 9.53 Å². The number of rotatable bonds is 4. The molecule has 1 aliphatic heterocycles. The number of nitrogens with zero attached hydrogens (tertiary/aromatic N) is 1. The van der Waals surface area contributed by atoms with Gasteiger partial charge in [0, 0.05) is 19.0 Å². The van der Waals surface area contributed by atoms with E-state index in [-0.39, 0.29) is 35.9 Å². The predicted octanol–water partition coefficient (Wildman–Crippen LogP) is 1.61. The molecule has 1 aromatic rings. The van der Waals surface area contributed by atoms with Gasteiger partial charge < -0.3 is 14.8 Å². The molecule has 0 radical (unpaired) electrons. The van der Waals surface area contributed by atoms with E-state index in [4.69, 9.17) is 4.74 Å². The number of methoxy groups -OCH3 is 1. The van der Waals surface area contributed by atoms with Crippen LogP contribution in [0.5, 0.6) is 5.75 Å². The fraction of sp³-hybridized carbons (Fsp3) is 0.462. The highest BCUT2D eigenvalue weighted by atomic mass is 35.5. The lowest BCUT2D eigenvalue weighted by Gasteiger charge is -2.13. The first-order valence-corrected chi connectivity index (χ1v) is 6.24. The van der Waals surface area contributed by atoms with E-state index in [1.165, 1.54) is 13.2 Å². The average molecular weight is 317 g/mol. The predicted molar refractivity (Wildman–Crippen MR) is 77.9 cm³/mol. The lowest BCUT2D eigenvalue weighted by Crippen LogP contribution is -2.31. The van der Waals surface area contributed by atoms with Gasteiger partial charge in [0.25, 0.3) is 0 Å². The molecule has 1 aromatic carbocycles. The summed E-state index contributed by atoms with van der Waals surface area (Å²) in [7, 11) is 1.32. The molecule has 1 heterocycles. The van der Waals surface area contributed by atoms with E-state index in [0.29, 0.717) is 13.0 Å². The van der Waals surface area contributed by atoms with E-state index in [1.807, 2.05) is 0 Å². The van der Waals surface area contributed by atoms with Crippen LogP contribution in [-0.4, -0.2) is 36.7 Å². The molecule has 0 aromatic heterocycles. The highest BCUT2D eigenvalue weighted by molar-refractivity contribution is 5.85. The summed E-state index contributed by atoms with van der Waals surface area (Å²) in [5.41, 5.74) is 0.729. The molecule has 1 N–H and O–H groups in total. The number of benzene rings is 1. The summed E-state index contributed by atoms with van der Waals surface area (Å²) in [5.74, 6) is -0.132. The van der Waals surface area contributed by atoms with Gasteiger partial charge in [0.2, 0.25) is 0 Å². The van der Waals surface area contributed by atoms with Crippen LogP contribution in [0.25, 0.3) is 0 Å². The summed E-state index contributed by atoms with van der Waals surface area (Å²) in [4.78, 5) is 21.9. The van der Waals surface area contributed by atoms with E-state index in [0.717, 1.165) is 5.56 Å². The zero-order chi connectivity index (χ0) is 14.7.